The third-order valence-corrected chi connectivity index (χ3v) is 8.17. The highest BCUT2D eigenvalue weighted by atomic mass is 19.4. The molecule has 0 bridgehead atoms. The third kappa shape index (κ3) is 7.72. The Labute approximate surface area is 268 Å². The Morgan fingerprint density at radius 3 is 2.53 bits per heavy atom. The minimum absolute atomic E-state index is 0.00799. The maximum absolute atomic E-state index is 13.9. The van der Waals surface area contributed by atoms with E-state index in [4.69, 9.17) is 15.2 Å². The summed E-state index contributed by atoms with van der Waals surface area (Å²) < 4.78 is 51.9. The highest BCUT2D eigenvalue weighted by Gasteiger charge is 2.44. The number of carbonyl (C=O) groups is 2. The molecule has 6 rings (SSSR count). The van der Waals surface area contributed by atoms with Gasteiger partial charge in [-0.05, 0) is 36.2 Å². The second kappa shape index (κ2) is 13.8. The third-order valence-electron chi connectivity index (χ3n) is 8.17. The van der Waals surface area contributed by atoms with Crippen molar-refractivity contribution >= 4 is 45.7 Å². The number of pyridine rings is 2. The molecule has 4 N–H and O–H groups in total. The first-order valence-electron chi connectivity index (χ1n) is 15.2. The zero-order valence-electron chi connectivity index (χ0n) is 25.4. The van der Waals surface area contributed by atoms with Crippen molar-refractivity contribution in [2.45, 2.75) is 25.2 Å². The van der Waals surface area contributed by atoms with Gasteiger partial charge in [0, 0.05) is 49.5 Å². The van der Waals surface area contributed by atoms with Crippen molar-refractivity contribution in [1.82, 2.24) is 9.97 Å². The number of benzene rings is 2. The lowest BCUT2D eigenvalue weighted by molar-refractivity contribution is -0.177. The van der Waals surface area contributed by atoms with E-state index in [1.54, 1.807) is 6.07 Å². The molecule has 2 fully saturated rings. The van der Waals surface area contributed by atoms with Gasteiger partial charge in [-0.2, -0.15) is 13.2 Å². The van der Waals surface area contributed by atoms with Crippen LogP contribution in [0.5, 0.6) is 0 Å². The van der Waals surface area contributed by atoms with Gasteiger partial charge in [-0.1, -0.05) is 36.4 Å². The number of alkyl halides is 3. The molecule has 2 amide bonds. The van der Waals surface area contributed by atoms with Crippen LogP contribution >= 0.6 is 0 Å². The summed E-state index contributed by atoms with van der Waals surface area (Å²) in [6, 6.07) is 17.2. The minimum Gasteiger partial charge on any atom is -0.444 e. The van der Waals surface area contributed by atoms with Crippen molar-refractivity contribution in [2.24, 2.45) is 11.7 Å². The molecule has 2 aromatic carbocycles. The molecule has 2 aliphatic rings. The van der Waals surface area contributed by atoms with Crippen molar-refractivity contribution < 1.29 is 32.2 Å². The number of amides is 2. The fourth-order valence-electron chi connectivity index (χ4n) is 5.82. The van der Waals surface area contributed by atoms with Gasteiger partial charge < -0.3 is 30.3 Å². The average Bonchev–Trinajstić information content (AvgIpc) is 3.07. The number of aromatic nitrogens is 2. The van der Waals surface area contributed by atoms with Crippen LogP contribution < -0.4 is 26.2 Å². The van der Waals surface area contributed by atoms with Crippen LogP contribution in [0, 0.1) is 5.92 Å². The molecule has 4 heterocycles. The summed E-state index contributed by atoms with van der Waals surface area (Å²) in [4.78, 5) is 39.2. The van der Waals surface area contributed by atoms with Crippen LogP contribution in [-0.4, -0.2) is 73.6 Å². The second-order valence-corrected chi connectivity index (χ2v) is 11.5. The summed E-state index contributed by atoms with van der Waals surface area (Å²) in [5.74, 6) is -2.33. The highest BCUT2D eigenvalue weighted by molar-refractivity contribution is 6.11. The number of halogens is 3. The summed E-state index contributed by atoms with van der Waals surface area (Å²) in [5.41, 5.74) is 8.69. The van der Waals surface area contributed by atoms with Gasteiger partial charge >= 0.3 is 12.3 Å². The SMILES string of the molecule is NC1CC(C(F)(F)F)CN(c2ccncc2NC(=O)c2nc3cc(N4CCOCC4)ccc3cc2NC(=O)OCc2ccccc2)C1. The normalized spacial score (nSPS) is 18.6. The van der Waals surface area contributed by atoms with Crippen LogP contribution in [0.2, 0.25) is 0 Å². The van der Waals surface area contributed by atoms with Gasteiger partial charge in [0.15, 0.2) is 5.69 Å². The predicted molar refractivity (Wildman–Crippen MR) is 172 cm³/mol. The van der Waals surface area contributed by atoms with Gasteiger partial charge in [-0.15, -0.1) is 0 Å². The first kappa shape index (κ1) is 32.0. The topological polar surface area (TPSA) is 135 Å². The lowest BCUT2D eigenvalue weighted by Crippen LogP contribution is -2.51. The Balaban J connectivity index is 1.30. The molecule has 246 valence electrons. The number of carbonyl (C=O) groups excluding carboxylic acids is 2. The Morgan fingerprint density at radius 1 is 0.979 bits per heavy atom. The van der Waals surface area contributed by atoms with E-state index in [1.807, 2.05) is 48.5 Å². The zero-order chi connectivity index (χ0) is 33.0. The molecule has 2 aromatic heterocycles. The molecule has 2 aliphatic heterocycles. The van der Waals surface area contributed by atoms with E-state index in [1.165, 1.54) is 23.4 Å². The van der Waals surface area contributed by atoms with Crippen LogP contribution in [0.3, 0.4) is 0 Å². The van der Waals surface area contributed by atoms with Crippen LogP contribution in [0.25, 0.3) is 10.9 Å². The highest BCUT2D eigenvalue weighted by Crippen LogP contribution is 2.37. The van der Waals surface area contributed by atoms with Gasteiger partial charge in [0.2, 0.25) is 0 Å². The molecular formula is C33H34F3N7O4. The van der Waals surface area contributed by atoms with Crippen LogP contribution in [0.1, 0.15) is 22.5 Å². The van der Waals surface area contributed by atoms with Crippen molar-refractivity contribution in [1.29, 1.82) is 0 Å². The number of nitrogens with zero attached hydrogens (tertiary/aromatic N) is 4. The lowest BCUT2D eigenvalue weighted by Gasteiger charge is -2.39. The zero-order valence-corrected chi connectivity index (χ0v) is 25.4. The molecule has 14 heteroatoms. The first-order chi connectivity index (χ1) is 22.6. The molecule has 0 radical (unpaired) electrons. The molecule has 2 saturated heterocycles. The van der Waals surface area contributed by atoms with Gasteiger partial charge in [-0.25, -0.2) is 9.78 Å². The molecule has 11 nitrogen and oxygen atoms in total. The molecule has 0 aliphatic carbocycles. The van der Waals surface area contributed by atoms with Gasteiger partial charge in [0.25, 0.3) is 5.91 Å². The Kier molecular flexibility index (Phi) is 9.41. The number of anilines is 4. The summed E-state index contributed by atoms with van der Waals surface area (Å²) in [7, 11) is 0. The molecule has 0 saturated carbocycles. The summed E-state index contributed by atoms with van der Waals surface area (Å²) in [5, 5.41) is 6.07. The number of ether oxygens (including phenoxy) is 2. The Hall–Kier alpha value is -4.95. The van der Waals surface area contributed by atoms with E-state index in [2.05, 4.69) is 25.5 Å². The number of piperidine rings is 1. The number of hydrogen-bond donors (Lipinski definition) is 3. The molecule has 2 unspecified atom stereocenters. The molecule has 0 spiro atoms. The first-order valence-corrected chi connectivity index (χ1v) is 15.2. The van der Waals surface area contributed by atoms with Gasteiger partial charge in [-0.3, -0.25) is 15.1 Å². The second-order valence-electron chi connectivity index (χ2n) is 11.5. The van der Waals surface area contributed by atoms with Crippen molar-refractivity contribution in [3.05, 3.63) is 84.3 Å². The number of hydrogen-bond acceptors (Lipinski definition) is 9. The van der Waals surface area contributed by atoms with E-state index >= 15 is 0 Å². The van der Waals surface area contributed by atoms with Gasteiger partial charge in [0.05, 0.1) is 47.9 Å². The fraction of sp³-hybridized carbons (Fsp3) is 0.333. The van der Waals surface area contributed by atoms with Crippen LogP contribution in [0.4, 0.5) is 40.7 Å². The molecule has 47 heavy (non-hydrogen) atoms. The number of fused-ring (bicyclic) bond motifs is 1. The number of rotatable bonds is 7. The Morgan fingerprint density at radius 2 is 1.77 bits per heavy atom. The summed E-state index contributed by atoms with van der Waals surface area (Å²) in [6.07, 6.45) is -2.61. The number of morpholine rings is 1. The number of nitrogens with two attached hydrogens (primary N) is 1. The predicted octanol–water partition coefficient (Wildman–Crippen LogP) is 5.18. The van der Waals surface area contributed by atoms with Crippen molar-refractivity contribution in [2.75, 3.05) is 59.8 Å². The average molecular weight is 650 g/mol. The fourth-order valence-corrected chi connectivity index (χ4v) is 5.82. The maximum atomic E-state index is 13.9. The van der Waals surface area contributed by atoms with E-state index in [0.29, 0.717) is 42.9 Å². The molecular weight excluding hydrogens is 615 g/mol. The van der Waals surface area contributed by atoms with E-state index in [0.717, 1.165) is 11.3 Å². The maximum Gasteiger partial charge on any atom is 0.412 e. The minimum atomic E-state index is -4.42. The summed E-state index contributed by atoms with van der Waals surface area (Å²) >= 11 is 0. The lowest BCUT2D eigenvalue weighted by atomic mass is 9.93. The standard InChI is InChI=1S/C33H34F3N7O4/c34-33(35,36)23-15-24(37)19-43(18-23)29-8-9-38-17-28(29)40-31(44)30-27(41-32(45)47-20-21-4-2-1-3-5-21)14-22-6-7-25(16-26(22)39-30)42-10-12-46-13-11-42/h1-9,14,16-17,23-24H,10-13,15,18-20,37H2,(H,40,44)(H,41,45). The monoisotopic (exact) mass is 649 g/mol. The number of nitrogens with one attached hydrogen (secondary N) is 2. The quantitative estimate of drug-likeness (QED) is 0.248. The van der Waals surface area contributed by atoms with E-state index in [9.17, 15) is 22.8 Å². The van der Waals surface area contributed by atoms with E-state index < -0.39 is 30.1 Å². The Bertz CT molecular complexity index is 1730. The molecule has 4 aromatic rings. The largest absolute Gasteiger partial charge is 0.444 e. The smallest absolute Gasteiger partial charge is 0.412 e. The van der Waals surface area contributed by atoms with E-state index in [-0.39, 0.29) is 43.2 Å². The van der Waals surface area contributed by atoms with Crippen LogP contribution in [-0.2, 0) is 16.1 Å². The van der Waals surface area contributed by atoms with Crippen LogP contribution in [0.15, 0.2) is 73.1 Å². The summed E-state index contributed by atoms with van der Waals surface area (Å²) in [6.45, 7) is 2.43. The molecule has 2 atom stereocenters. The van der Waals surface area contributed by atoms with Crippen molar-refractivity contribution in [3.63, 3.8) is 0 Å². The van der Waals surface area contributed by atoms with Gasteiger partial charge in [0.1, 0.15) is 6.61 Å². The van der Waals surface area contributed by atoms with Crippen molar-refractivity contribution in [3.8, 4) is 0 Å².